The Hall–Kier alpha value is -4.33. The van der Waals surface area contributed by atoms with Crippen LogP contribution in [0.3, 0.4) is 0 Å². The van der Waals surface area contributed by atoms with Crippen LogP contribution < -0.4 is 15.1 Å². The molecule has 1 fully saturated rings. The van der Waals surface area contributed by atoms with Crippen molar-refractivity contribution in [3.05, 3.63) is 78.9 Å². The van der Waals surface area contributed by atoms with Crippen LogP contribution in [0.5, 0.6) is 0 Å². The van der Waals surface area contributed by atoms with Crippen molar-refractivity contribution in [1.82, 2.24) is 20.3 Å². The third kappa shape index (κ3) is 3.10. The highest BCUT2D eigenvalue weighted by atomic mass is 15.3. The van der Waals surface area contributed by atoms with E-state index in [1.54, 1.807) is 18.9 Å². The first-order valence-electron chi connectivity index (χ1n) is 11.3. The number of aromatic nitrogens is 3. The second kappa shape index (κ2) is 7.91. The van der Waals surface area contributed by atoms with Crippen LogP contribution in [-0.4, -0.2) is 39.7 Å². The summed E-state index contributed by atoms with van der Waals surface area (Å²) in [4.78, 5) is 27.4. The number of anilines is 2. The molecule has 8 nitrogen and oxygen atoms in total. The minimum absolute atomic E-state index is 0.0108. The summed E-state index contributed by atoms with van der Waals surface area (Å²) in [5.74, 6) is 2.36. The molecule has 5 heterocycles. The van der Waals surface area contributed by atoms with Crippen LogP contribution in [0, 0.1) is 6.92 Å². The third-order valence-corrected chi connectivity index (χ3v) is 6.54. The molecule has 2 aromatic heterocycles. The van der Waals surface area contributed by atoms with Gasteiger partial charge >= 0.3 is 0 Å². The topological polar surface area (TPSA) is 81.9 Å². The minimum Gasteiger partial charge on any atom is -0.346 e. The van der Waals surface area contributed by atoms with Gasteiger partial charge in [0.05, 0.1) is 35.5 Å². The molecule has 6 rings (SSSR count). The molecular weight excluding hydrogens is 424 g/mol. The smallest absolute Gasteiger partial charge is 0.168 e. The number of aryl methyl sites for hydroxylation is 1. The molecule has 1 N–H and O–H groups in total. The molecule has 1 aromatic carbocycles. The van der Waals surface area contributed by atoms with Crippen molar-refractivity contribution in [1.29, 1.82) is 0 Å². The van der Waals surface area contributed by atoms with Crippen LogP contribution in [0.25, 0.3) is 11.4 Å². The first kappa shape index (κ1) is 20.3. The van der Waals surface area contributed by atoms with E-state index in [4.69, 9.17) is 4.99 Å². The Balaban J connectivity index is 1.51. The fourth-order valence-corrected chi connectivity index (χ4v) is 5.03. The average molecular weight is 449 g/mol. The highest BCUT2D eigenvalue weighted by Gasteiger charge is 2.39. The summed E-state index contributed by atoms with van der Waals surface area (Å²) in [6.07, 6.45) is 8.77. The van der Waals surface area contributed by atoms with Crippen molar-refractivity contribution in [2.75, 3.05) is 16.3 Å². The number of aliphatic imine (C=N–C) groups is 2. The minimum atomic E-state index is -0.0108. The lowest BCUT2D eigenvalue weighted by Crippen LogP contribution is -2.47. The molecule has 0 radical (unpaired) electrons. The number of hydrogen-bond donors (Lipinski definition) is 1. The average Bonchev–Trinajstić information content (AvgIpc) is 3.34. The van der Waals surface area contributed by atoms with E-state index in [-0.39, 0.29) is 6.04 Å². The van der Waals surface area contributed by atoms with Gasteiger partial charge in [0.2, 0.25) is 0 Å². The molecule has 3 aliphatic rings. The van der Waals surface area contributed by atoms with E-state index in [0.717, 1.165) is 70.5 Å². The van der Waals surface area contributed by atoms with Crippen LogP contribution in [0.1, 0.15) is 29.5 Å². The maximum atomic E-state index is 5.20. The molecule has 0 bridgehead atoms. The Morgan fingerprint density at radius 3 is 2.85 bits per heavy atom. The SMILES string of the molecule is C=C1NC=Nc2ncnc(N3CCCC3C3=Nc4cccc(C)c4C(=C)N3c3cccnc3)c21. The molecule has 1 unspecified atom stereocenters. The van der Waals surface area contributed by atoms with E-state index in [9.17, 15) is 0 Å². The van der Waals surface area contributed by atoms with Crippen LogP contribution in [0.15, 0.2) is 72.2 Å². The van der Waals surface area contributed by atoms with Crippen molar-refractivity contribution in [3.63, 3.8) is 0 Å². The summed E-state index contributed by atoms with van der Waals surface area (Å²) in [6.45, 7) is 11.6. The highest BCUT2D eigenvalue weighted by Crippen LogP contribution is 2.42. The lowest BCUT2D eigenvalue weighted by Gasteiger charge is -2.38. The second-order valence-electron chi connectivity index (χ2n) is 8.56. The van der Waals surface area contributed by atoms with Crippen molar-refractivity contribution in [2.24, 2.45) is 9.98 Å². The van der Waals surface area contributed by atoms with Crippen molar-refractivity contribution in [3.8, 4) is 0 Å². The number of pyridine rings is 1. The molecule has 168 valence electrons. The number of fused-ring (bicyclic) bond motifs is 2. The quantitative estimate of drug-likeness (QED) is 0.630. The number of benzene rings is 1. The van der Waals surface area contributed by atoms with Gasteiger partial charge in [-0.05, 0) is 43.5 Å². The van der Waals surface area contributed by atoms with Gasteiger partial charge in [-0.1, -0.05) is 25.3 Å². The lowest BCUT2D eigenvalue weighted by molar-refractivity contribution is 0.813. The summed E-state index contributed by atoms with van der Waals surface area (Å²) in [7, 11) is 0. The van der Waals surface area contributed by atoms with E-state index >= 15 is 0 Å². The van der Waals surface area contributed by atoms with Crippen LogP contribution in [0.2, 0.25) is 0 Å². The molecule has 0 saturated carbocycles. The zero-order chi connectivity index (χ0) is 23.2. The number of hydrogen-bond acceptors (Lipinski definition) is 8. The molecule has 3 aliphatic heterocycles. The predicted octanol–water partition coefficient (Wildman–Crippen LogP) is 4.60. The predicted molar refractivity (Wildman–Crippen MR) is 137 cm³/mol. The normalized spacial score (nSPS) is 19.0. The molecule has 1 saturated heterocycles. The van der Waals surface area contributed by atoms with Gasteiger partial charge in [-0.15, -0.1) is 0 Å². The van der Waals surface area contributed by atoms with Crippen LogP contribution >= 0.6 is 0 Å². The summed E-state index contributed by atoms with van der Waals surface area (Å²) in [5, 5.41) is 3.10. The summed E-state index contributed by atoms with van der Waals surface area (Å²) >= 11 is 0. The highest BCUT2D eigenvalue weighted by molar-refractivity contribution is 6.16. The third-order valence-electron chi connectivity index (χ3n) is 6.54. The number of nitrogens with one attached hydrogen (secondary N) is 1. The Bertz CT molecular complexity index is 1370. The van der Waals surface area contributed by atoms with Gasteiger partial charge in [0, 0.05) is 29.7 Å². The fourth-order valence-electron chi connectivity index (χ4n) is 5.03. The molecule has 1 atom stereocenters. The Morgan fingerprint density at radius 2 is 2.00 bits per heavy atom. The zero-order valence-corrected chi connectivity index (χ0v) is 18.9. The maximum absolute atomic E-state index is 5.20. The van der Waals surface area contributed by atoms with E-state index in [1.807, 2.05) is 24.4 Å². The monoisotopic (exact) mass is 448 g/mol. The van der Waals surface area contributed by atoms with E-state index in [0.29, 0.717) is 5.82 Å². The largest absolute Gasteiger partial charge is 0.346 e. The summed E-state index contributed by atoms with van der Waals surface area (Å²) in [5.41, 5.74) is 6.55. The van der Waals surface area contributed by atoms with Gasteiger partial charge in [0.1, 0.15) is 18.0 Å². The van der Waals surface area contributed by atoms with Gasteiger partial charge in [-0.3, -0.25) is 9.88 Å². The fraction of sp³-hybridized carbons (Fsp3) is 0.192. The first-order valence-corrected chi connectivity index (χ1v) is 11.3. The molecule has 0 amide bonds. The molecule has 0 aliphatic carbocycles. The Kier molecular flexibility index (Phi) is 4.72. The maximum Gasteiger partial charge on any atom is 0.168 e. The molecule has 3 aromatic rings. The molecule has 0 spiro atoms. The Labute approximate surface area is 198 Å². The molecule has 8 heteroatoms. The summed E-state index contributed by atoms with van der Waals surface area (Å²) in [6, 6.07) is 10.2. The van der Waals surface area contributed by atoms with Crippen molar-refractivity contribution >= 4 is 46.6 Å². The van der Waals surface area contributed by atoms with Gasteiger partial charge in [-0.2, -0.15) is 0 Å². The zero-order valence-electron chi connectivity index (χ0n) is 18.9. The van der Waals surface area contributed by atoms with Gasteiger partial charge in [0.15, 0.2) is 5.82 Å². The first-order chi connectivity index (χ1) is 16.6. The molecular formula is C26H24N8. The Morgan fingerprint density at radius 1 is 1.09 bits per heavy atom. The molecule has 34 heavy (non-hydrogen) atoms. The second-order valence-corrected chi connectivity index (χ2v) is 8.56. The van der Waals surface area contributed by atoms with Crippen molar-refractivity contribution in [2.45, 2.75) is 25.8 Å². The van der Waals surface area contributed by atoms with Crippen LogP contribution in [0.4, 0.5) is 23.0 Å². The standard InChI is InChI=1S/C26H24N8/c1-16-7-4-9-20-22(16)18(3)34(19-8-5-11-27-13-19)25(32-20)21-10-6-12-33(21)26-23-17(2)28-14-29-24(23)30-15-31-26/h4-5,7-9,11,13-15,21H,2-3,6,10,12H2,1H3,(H,28,29,30,31). The summed E-state index contributed by atoms with van der Waals surface area (Å²) < 4.78 is 0. The van der Waals surface area contributed by atoms with E-state index < -0.39 is 0 Å². The van der Waals surface area contributed by atoms with Gasteiger partial charge < -0.3 is 10.2 Å². The van der Waals surface area contributed by atoms with Crippen LogP contribution in [-0.2, 0) is 0 Å². The number of nitrogens with zero attached hydrogens (tertiary/aromatic N) is 7. The van der Waals surface area contributed by atoms with Gasteiger partial charge in [-0.25, -0.2) is 20.0 Å². The van der Waals surface area contributed by atoms with Crippen molar-refractivity contribution < 1.29 is 0 Å². The number of amidine groups is 1. The number of rotatable bonds is 3. The van der Waals surface area contributed by atoms with Gasteiger partial charge in [0.25, 0.3) is 0 Å². The van der Waals surface area contributed by atoms with E-state index in [2.05, 4.69) is 67.3 Å². The van der Waals surface area contributed by atoms with E-state index in [1.165, 1.54) is 0 Å². The lowest BCUT2D eigenvalue weighted by atomic mass is 9.99.